The van der Waals surface area contributed by atoms with Gasteiger partial charge in [0, 0.05) is 23.6 Å². The Morgan fingerprint density at radius 3 is 2.72 bits per heavy atom. The molecule has 0 radical (unpaired) electrons. The molecule has 2 aromatic heterocycles. The van der Waals surface area contributed by atoms with Crippen molar-refractivity contribution in [1.29, 1.82) is 0 Å². The number of hydrogen-bond donors (Lipinski definition) is 1. The predicted molar refractivity (Wildman–Crippen MR) is 139 cm³/mol. The number of carbonyl (C=O) groups excluding carboxylic acids is 1. The fraction of sp³-hybridized carbons (Fsp3) is 0.333. The minimum absolute atomic E-state index is 0.166. The van der Waals surface area contributed by atoms with Gasteiger partial charge in [-0.25, -0.2) is 4.68 Å². The van der Waals surface area contributed by atoms with Crippen molar-refractivity contribution in [2.24, 2.45) is 0 Å². The van der Waals surface area contributed by atoms with Gasteiger partial charge in [-0.3, -0.25) is 4.79 Å². The van der Waals surface area contributed by atoms with Crippen molar-refractivity contribution in [2.75, 3.05) is 12.4 Å². The highest BCUT2D eigenvalue weighted by Gasteiger charge is 2.20. The van der Waals surface area contributed by atoms with Crippen LogP contribution in [0.4, 0.5) is 0 Å². The lowest BCUT2D eigenvalue weighted by Crippen LogP contribution is -2.25. The summed E-state index contributed by atoms with van der Waals surface area (Å²) in [6, 6.07) is 19.7. The van der Waals surface area contributed by atoms with E-state index in [9.17, 15) is 4.79 Å². The van der Waals surface area contributed by atoms with E-state index in [2.05, 4.69) is 37.3 Å². The van der Waals surface area contributed by atoms with Gasteiger partial charge >= 0.3 is 0 Å². The SMILES string of the molecule is Cc1cc(C)n(-c2cccc(C(=O)NCc3nnc(SCC4CCCO4)n3Cc3ccccc3)c2)n1. The van der Waals surface area contributed by atoms with Crippen LogP contribution in [0.5, 0.6) is 0 Å². The summed E-state index contributed by atoms with van der Waals surface area (Å²) < 4.78 is 9.71. The molecule has 3 heterocycles. The standard InChI is InChI=1S/C27H30N6O2S/c1-19-14-20(2)33(31-19)23-11-6-10-22(15-23)26(34)28-16-25-29-30-27(36-18-24-12-7-13-35-24)32(25)17-21-8-4-3-5-9-21/h3-6,8-11,14-15,24H,7,12-13,16-18H2,1-2H3,(H,28,34). The minimum atomic E-state index is -0.166. The molecular weight excluding hydrogens is 472 g/mol. The zero-order valence-corrected chi connectivity index (χ0v) is 21.4. The fourth-order valence-corrected chi connectivity index (χ4v) is 5.38. The minimum Gasteiger partial charge on any atom is -0.377 e. The van der Waals surface area contributed by atoms with E-state index in [1.54, 1.807) is 11.8 Å². The Hall–Kier alpha value is -3.43. The third-order valence-electron chi connectivity index (χ3n) is 6.17. The maximum atomic E-state index is 13.0. The summed E-state index contributed by atoms with van der Waals surface area (Å²) in [7, 11) is 0. The van der Waals surface area contributed by atoms with Gasteiger partial charge in [0.2, 0.25) is 0 Å². The lowest BCUT2D eigenvalue weighted by Gasteiger charge is -2.13. The van der Waals surface area contributed by atoms with Gasteiger partial charge in [-0.2, -0.15) is 5.10 Å². The Labute approximate surface area is 215 Å². The molecule has 1 saturated heterocycles. The smallest absolute Gasteiger partial charge is 0.251 e. The normalized spacial score (nSPS) is 15.3. The molecule has 1 unspecified atom stereocenters. The van der Waals surface area contributed by atoms with Crippen LogP contribution >= 0.6 is 11.8 Å². The number of rotatable bonds is 9. The molecule has 5 rings (SSSR count). The van der Waals surface area contributed by atoms with Crippen LogP contribution in [0, 0.1) is 13.8 Å². The van der Waals surface area contributed by atoms with Crippen LogP contribution in [-0.2, 0) is 17.8 Å². The molecule has 36 heavy (non-hydrogen) atoms. The summed E-state index contributed by atoms with van der Waals surface area (Å²) in [6.07, 6.45) is 2.45. The third-order valence-corrected chi connectivity index (χ3v) is 7.27. The highest BCUT2D eigenvalue weighted by molar-refractivity contribution is 7.99. The molecule has 1 N–H and O–H groups in total. The van der Waals surface area contributed by atoms with Gasteiger partial charge in [0.1, 0.15) is 0 Å². The van der Waals surface area contributed by atoms with Gasteiger partial charge in [-0.05, 0) is 56.5 Å². The van der Waals surface area contributed by atoms with Crippen LogP contribution in [0.25, 0.3) is 5.69 Å². The number of benzene rings is 2. The molecular formula is C27H30N6O2S. The first kappa shape index (κ1) is 24.3. The molecule has 1 aliphatic rings. The molecule has 8 nitrogen and oxygen atoms in total. The van der Waals surface area contributed by atoms with Crippen LogP contribution in [-0.4, -0.2) is 48.9 Å². The lowest BCUT2D eigenvalue weighted by molar-refractivity contribution is 0.0949. The molecule has 4 aromatic rings. The third kappa shape index (κ3) is 5.68. The van der Waals surface area contributed by atoms with E-state index in [0.29, 0.717) is 12.1 Å². The molecule has 0 spiro atoms. The van der Waals surface area contributed by atoms with Crippen molar-refractivity contribution in [3.05, 3.63) is 89.0 Å². The van der Waals surface area contributed by atoms with E-state index in [4.69, 9.17) is 4.74 Å². The van der Waals surface area contributed by atoms with Gasteiger partial charge in [-0.15, -0.1) is 10.2 Å². The Kier molecular flexibility index (Phi) is 7.48. The summed E-state index contributed by atoms with van der Waals surface area (Å²) >= 11 is 1.66. The first-order valence-electron chi connectivity index (χ1n) is 12.2. The first-order valence-corrected chi connectivity index (χ1v) is 13.2. The maximum Gasteiger partial charge on any atom is 0.251 e. The average molecular weight is 503 g/mol. The van der Waals surface area contributed by atoms with Gasteiger partial charge < -0.3 is 14.6 Å². The number of thioether (sulfide) groups is 1. The van der Waals surface area contributed by atoms with Crippen molar-refractivity contribution in [1.82, 2.24) is 29.9 Å². The van der Waals surface area contributed by atoms with E-state index < -0.39 is 0 Å². The van der Waals surface area contributed by atoms with E-state index in [1.165, 1.54) is 0 Å². The van der Waals surface area contributed by atoms with Crippen LogP contribution in [0.2, 0.25) is 0 Å². The second kappa shape index (κ2) is 11.1. The molecule has 186 valence electrons. The van der Waals surface area contributed by atoms with Gasteiger partial charge in [0.15, 0.2) is 11.0 Å². The first-order chi connectivity index (χ1) is 17.6. The summed E-state index contributed by atoms with van der Waals surface area (Å²) in [5.41, 5.74) is 4.54. The summed E-state index contributed by atoms with van der Waals surface area (Å²) in [6.45, 7) is 5.71. The lowest BCUT2D eigenvalue weighted by atomic mass is 10.2. The second-order valence-electron chi connectivity index (χ2n) is 8.99. The van der Waals surface area contributed by atoms with Crippen LogP contribution in [0.1, 0.15) is 46.0 Å². The number of aromatic nitrogens is 5. The van der Waals surface area contributed by atoms with E-state index in [0.717, 1.165) is 58.8 Å². The van der Waals surface area contributed by atoms with Gasteiger partial charge in [0.05, 0.1) is 30.6 Å². The number of nitrogens with one attached hydrogen (secondary N) is 1. The van der Waals surface area contributed by atoms with Crippen LogP contribution in [0.15, 0.2) is 65.8 Å². The summed E-state index contributed by atoms with van der Waals surface area (Å²) in [4.78, 5) is 13.0. The molecule has 1 fully saturated rings. The second-order valence-corrected chi connectivity index (χ2v) is 9.98. The van der Waals surface area contributed by atoms with E-state index in [1.807, 2.05) is 67.1 Å². The van der Waals surface area contributed by atoms with E-state index >= 15 is 0 Å². The summed E-state index contributed by atoms with van der Waals surface area (Å²) in [5, 5.41) is 17.3. The quantitative estimate of drug-likeness (QED) is 0.343. The number of nitrogens with zero attached hydrogens (tertiary/aromatic N) is 5. The Balaban J connectivity index is 1.31. The fourth-order valence-electron chi connectivity index (χ4n) is 4.36. The topological polar surface area (TPSA) is 86.9 Å². The molecule has 1 amide bonds. The van der Waals surface area contributed by atoms with Crippen molar-refractivity contribution >= 4 is 17.7 Å². The van der Waals surface area contributed by atoms with Gasteiger partial charge in [0.25, 0.3) is 5.91 Å². The highest BCUT2D eigenvalue weighted by atomic mass is 32.2. The van der Waals surface area contributed by atoms with Crippen molar-refractivity contribution in [3.63, 3.8) is 0 Å². The number of carbonyl (C=O) groups is 1. The number of hydrogen-bond acceptors (Lipinski definition) is 6. The summed E-state index contributed by atoms with van der Waals surface area (Å²) in [5.74, 6) is 1.40. The zero-order valence-electron chi connectivity index (χ0n) is 20.6. The molecule has 0 saturated carbocycles. The molecule has 0 bridgehead atoms. The van der Waals surface area contributed by atoms with Crippen LogP contribution in [0.3, 0.4) is 0 Å². The molecule has 9 heteroatoms. The maximum absolute atomic E-state index is 13.0. The Morgan fingerprint density at radius 1 is 1.11 bits per heavy atom. The zero-order chi connectivity index (χ0) is 24.9. The number of ether oxygens (including phenoxy) is 1. The molecule has 0 aliphatic carbocycles. The molecule has 1 atom stereocenters. The number of amides is 1. The Morgan fingerprint density at radius 2 is 1.97 bits per heavy atom. The highest BCUT2D eigenvalue weighted by Crippen LogP contribution is 2.24. The number of aryl methyl sites for hydroxylation is 2. The van der Waals surface area contributed by atoms with E-state index in [-0.39, 0.29) is 18.6 Å². The van der Waals surface area contributed by atoms with Gasteiger partial charge in [-0.1, -0.05) is 48.2 Å². The van der Waals surface area contributed by atoms with Crippen molar-refractivity contribution < 1.29 is 9.53 Å². The molecule has 1 aliphatic heterocycles. The van der Waals surface area contributed by atoms with Crippen molar-refractivity contribution in [3.8, 4) is 5.69 Å². The van der Waals surface area contributed by atoms with Crippen LogP contribution < -0.4 is 5.32 Å². The molecule has 2 aromatic carbocycles. The Bertz CT molecular complexity index is 1330. The predicted octanol–water partition coefficient (Wildman–Crippen LogP) is 4.33. The monoisotopic (exact) mass is 502 g/mol. The largest absolute Gasteiger partial charge is 0.377 e. The van der Waals surface area contributed by atoms with Crippen molar-refractivity contribution in [2.45, 2.75) is 51.0 Å². The average Bonchev–Trinajstić information content (AvgIpc) is 3.63.